The first-order valence-corrected chi connectivity index (χ1v) is 5.34. The summed E-state index contributed by atoms with van der Waals surface area (Å²) in [5.41, 5.74) is -0.620. The van der Waals surface area contributed by atoms with E-state index in [1.807, 2.05) is 0 Å². The molecule has 0 atom stereocenters. The van der Waals surface area contributed by atoms with E-state index in [9.17, 15) is 10.1 Å². The average molecular weight is 290 g/mol. The van der Waals surface area contributed by atoms with Crippen molar-refractivity contribution >= 4 is 27.4 Å². The van der Waals surface area contributed by atoms with E-state index < -0.39 is 10.5 Å². The topological polar surface area (TPSA) is 88.3 Å². The monoisotopic (exact) mass is 289 g/mol. The van der Waals surface area contributed by atoms with Gasteiger partial charge in [0.05, 0.1) is 21.5 Å². The molecule has 0 bridgehead atoms. The summed E-state index contributed by atoms with van der Waals surface area (Å²) in [4.78, 5) is 13.9. The lowest BCUT2D eigenvalue weighted by molar-refractivity contribution is -0.385. The Kier molecular flexibility index (Phi) is 3.82. The van der Waals surface area contributed by atoms with Crippen LogP contribution in [0.4, 0.5) is 11.5 Å². The Morgan fingerprint density at radius 2 is 2.31 bits per heavy atom. The fraction of sp³-hybridized carbons (Fsp3) is 0.444. The number of anilines is 1. The summed E-state index contributed by atoms with van der Waals surface area (Å²) < 4.78 is 0.489. The van der Waals surface area contributed by atoms with Crippen molar-refractivity contribution in [3.63, 3.8) is 0 Å². The fourth-order valence-corrected chi connectivity index (χ4v) is 1.42. The predicted molar refractivity (Wildman–Crippen MR) is 63.4 cm³/mol. The van der Waals surface area contributed by atoms with Gasteiger partial charge in [-0.3, -0.25) is 10.1 Å². The Labute approximate surface area is 101 Å². The summed E-state index contributed by atoms with van der Waals surface area (Å²) in [6, 6.07) is 1.36. The number of nitro groups is 1. The average Bonchev–Trinajstić information content (AvgIpc) is 2.20. The van der Waals surface area contributed by atoms with Crippen LogP contribution >= 0.6 is 15.9 Å². The first-order valence-electron chi connectivity index (χ1n) is 4.55. The molecule has 0 spiro atoms. The third kappa shape index (κ3) is 3.14. The van der Waals surface area contributed by atoms with Crippen LogP contribution in [-0.4, -0.2) is 27.2 Å². The van der Waals surface area contributed by atoms with Crippen LogP contribution in [0.1, 0.15) is 13.8 Å². The highest BCUT2D eigenvalue weighted by atomic mass is 79.9. The molecule has 0 aliphatic rings. The van der Waals surface area contributed by atoms with Crippen LogP contribution in [0.15, 0.2) is 16.7 Å². The Balaban J connectivity index is 2.96. The quantitative estimate of drug-likeness (QED) is 0.653. The molecule has 7 heteroatoms. The van der Waals surface area contributed by atoms with E-state index in [4.69, 9.17) is 5.11 Å². The number of nitrogens with one attached hydrogen (secondary N) is 1. The van der Waals surface area contributed by atoms with Crippen molar-refractivity contribution in [3.05, 3.63) is 26.9 Å². The minimum atomic E-state index is -0.536. The molecule has 1 aromatic rings. The lowest BCUT2D eigenvalue weighted by Gasteiger charge is -2.24. The SMILES string of the molecule is CC(C)(CO)Nc1ncc([N+](=O)[O-])cc1Br. The van der Waals surface area contributed by atoms with Gasteiger partial charge in [-0.25, -0.2) is 4.98 Å². The molecule has 6 nitrogen and oxygen atoms in total. The molecular weight excluding hydrogens is 278 g/mol. The number of aliphatic hydroxyl groups is 1. The van der Waals surface area contributed by atoms with Gasteiger partial charge in [0, 0.05) is 6.07 Å². The van der Waals surface area contributed by atoms with Crippen LogP contribution in [0.3, 0.4) is 0 Å². The van der Waals surface area contributed by atoms with Crippen LogP contribution in [-0.2, 0) is 0 Å². The molecule has 0 unspecified atom stereocenters. The molecule has 0 saturated heterocycles. The van der Waals surface area contributed by atoms with Gasteiger partial charge >= 0.3 is 0 Å². The van der Waals surface area contributed by atoms with E-state index in [0.29, 0.717) is 10.3 Å². The number of hydrogen-bond donors (Lipinski definition) is 2. The molecule has 0 radical (unpaired) electrons. The molecule has 1 heterocycles. The Bertz CT molecular complexity index is 409. The second-order valence-electron chi connectivity index (χ2n) is 3.95. The molecule has 0 amide bonds. The summed E-state index contributed by atoms with van der Waals surface area (Å²) in [6.45, 7) is 3.52. The highest BCUT2D eigenvalue weighted by molar-refractivity contribution is 9.10. The summed E-state index contributed by atoms with van der Waals surface area (Å²) in [5.74, 6) is 0.463. The highest BCUT2D eigenvalue weighted by Crippen LogP contribution is 2.26. The fourth-order valence-electron chi connectivity index (χ4n) is 0.980. The molecule has 1 aromatic heterocycles. The van der Waals surface area contributed by atoms with Crippen LogP contribution in [0.5, 0.6) is 0 Å². The van der Waals surface area contributed by atoms with Gasteiger partial charge in [0.1, 0.15) is 12.0 Å². The van der Waals surface area contributed by atoms with Crippen LogP contribution < -0.4 is 5.32 Å². The summed E-state index contributed by atoms with van der Waals surface area (Å²) >= 11 is 3.19. The molecule has 16 heavy (non-hydrogen) atoms. The summed E-state index contributed by atoms with van der Waals surface area (Å²) in [7, 11) is 0. The molecule has 2 N–H and O–H groups in total. The van der Waals surface area contributed by atoms with Gasteiger partial charge in [-0.15, -0.1) is 0 Å². The van der Waals surface area contributed by atoms with E-state index in [1.54, 1.807) is 13.8 Å². The second kappa shape index (κ2) is 4.75. The van der Waals surface area contributed by atoms with E-state index in [2.05, 4.69) is 26.2 Å². The largest absolute Gasteiger partial charge is 0.394 e. The van der Waals surface area contributed by atoms with E-state index in [1.165, 1.54) is 12.3 Å². The Morgan fingerprint density at radius 1 is 1.69 bits per heavy atom. The van der Waals surface area contributed by atoms with Crippen molar-refractivity contribution in [1.29, 1.82) is 0 Å². The zero-order valence-electron chi connectivity index (χ0n) is 8.90. The maximum absolute atomic E-state index is 10.5. The lowest BCUT2D eigenvalue weighted by atomic mass is 10.1. The van der Waals surface area contributed by atoms with Crippen molar-refractivity contribution in [3.8, 4) is 0 Å². The van der Waals surface area contributed by atoms with Crippen molar-refractivity contribution < 1.29 is 10.0 Å². The third-order valence-electron chi connectivity index (χ3n) is 1.89. The number of pyridine rings is 1. The second-order valence-corrected chi connectivity index (χ2v) is 4.80. The molecule has 88 valence electrons. The van der Waals surface area contributed by atoms with Crippen LogP contribution in [0, 0.1) is 10.1 Å². The van der Waals surface area contributed by atoms with Gasteiger partial charge in [0.2, 0.25) is 0 Å². The molecule has 0 aliphatic carbocycles. The van der Waals surface area contributed by atoms with Gasteiger partial charge < -0.3 is 10.4 Å². The highest BCUT2D eigenvalue weighted by Gasteiger charge is 2.19. The predicted octanol–water partition coefficient (Wildman–Crippen LogP) is 1.94. The van der Waals surface area contributed by atoms with E-state index in [0.717, 1.165) is 0 Å². The first-order chi connectivity index (χ1) is 7.35. The van der Waals surface area contributed by atoms with Crippen molar-refractivity contribution in [2.75, 3.05) is 11.9 Å². The molecule has 1 rings (SSSR count). The lowest BCUT2D eigenvalue weighted by Crippen LogP contribution is -2.35. The molecule has 0 saturated carbocycles. The normalized spacial score (nSPS) is 11.2. The zero-order valence-corrected chi connectivity index (χ0v) is 10.5. The number of aliphatic hydroxyl groups excluding tert-OH is 1. The van der Waals surface area contributed by atoms with Gasteiger partial charge in [-0.1, -0.05) is 0 Å². The van der Waals surface area contributed by atoms with Gasteiger partial charge in [0.15, 0.2) is 0 Å². The Hall–Kier alpha value is -1.21. The molecule has 0 aliphatic heterocycles. The smallest absolute Gasteiger partial charge is 0.288 e. The van der Waals surface area contributed by atoms with Gasteiger partial charge in [-0.2, -0.15) is 0 Å². The van der Waals surface area contributed by atoms with Gasteiger partial charge in [-0.05, 0) is 29.8 Å². The van der Waals surface area contributed by atoms with Crippen molar-refractivity contribution in [2.24, 2.45) is 0 Å². The molecule has 0 aromatic carbocycles. The van der Waals surface area contributed by atoms with Crippen LogP contribution in [0.2, 0.25) is 0 Å². The number of hydrogen-bond acceptors (Lipinski definition) is 5. The maximum Gasteiger partial charge on any atom is 0.288 e. The van der Waals surface area contributed by atoms with E-state index >= 15 is 0 Å². The molecular formula is C9H12BrN3O3. The molecule has 0 fully saturated rings. The van der Waals surface area contributed by atoms with Crippen molar-refractivity contribution in [2.45, 2.75) is 19.4 Å². The zero-order chi connectivity index (χ0) is 12.3. The number of aromatic nitrogens is 1. The minimum absolute atomic E-state index is 0.0713. The number of halogens is 1. The van der Waals surface area contributed by atoms with E-state index in [-0.39, 0.29) is 12.3 Å². The third-order valence-corrected chi connectivity index (χ3v) is 2.49. The summed E-state index contributed by atoms with van der Waals surface area (Å²) in [5, 5.41) is 22.5. The van der Waals surface area contributed by atoms with Crippen molar-refractivity contribution in [1.82, 2.24) is 4.98 Å². The number of rotatable bonds is 4. The minimum Gasteiger partial charge on any atom is -0.394 e. The first kappa shape index (κ1) is 12.9. The van der Waals surface area contributed by atoms with Gasteiger partial charge in [0.25, 0.3) is 5.69 Å². The number of nitrogens with zero attached hydrogens (tertiary/aromatic N) is 2. The Morgan fingerprint density at radius 3 is 2.75 bits per heavy atom. The standard InChI is InChI=1S/C9H12BrN3O3/c1-9(2,5-14)12-8-7(10)3-6(4-11-8)13(15)16/h3-4,14H,5H2,1-2H3,(H,11,12). The maximum atomic E-state index is 10.5. The summed E-state index contributed by atoms with van der Waals surface area (Å²) in [6.07, 6.45) is 1.17. The van der Waals surface area contributed by atoms with Crippen LogP contribution in [0.25, 0.3) is 0 Å².